The van der Waals surface area contributed by atoms with Crippen LogP contribution in [-0.2, 0) is 0 Å². The maximum Gasteiger partial charge on any atom is 0.255 e. The standard InChI is InChI=1S/C16H23N5O/c1-10(2)21-15-12(8-18-21)7-14(11(3)19-15)16(22)20(4)13-5-6-17-9-13/h7-8,10,13,17H,5-6,9H2,1-4H3/t13-/m0/s1. The minimum atomic E-state index is 0.0397. The summed E-state index contributed by atoms with van der Waals surface area (Å²) in [6.45, 7) is 7.87. The van der Waals surface area contributed by atoms with Crippen LogP contribution in [0.3, 0.4) is 0 Å². The van der Waals surface area contributed by atoms with Gasteiger partial charge in [-0.15, -0.1) is 0 Å². The first-order chi connectivity index (χ1) is 10.5. The van der Waals surface area contributed by atoms with Crippen molar-refractivity contribution in [1.82, 2.24) is 25.0 Å². The lowest BCUT2D eigenvalue weighted by Gasteiger charge is -2.24. The van der Waals surface area contributed by atoms with Crippen LogP contribution in [0.25, 0.3) is 11.0 Å². The number of aromatic nitrogens is 3. The molecule has 0 aromatic carbocycles. The number of nitrogens with one attached hydrogen (secondary N) is 1. The number of carbonyl (C=O) groups is 1. The van der Waals surface area contributed by atoms with Gasteiger partial charge in [-0.25, -0.2) is 9.67 Å². The Bertz CT molecular complexity index is 700. The van der Waals surface area contributed by atoms with Crippen LogP contribution in [0.4, 0.5) is 0 Å². The normalized spacial score (nSPS) is 18.3. The summed E-state index contributed by atoms with van der Waals surface area (Å²) < 4.78 is 1.89. The van der Waals surface area contributed by atoms with Crippen molar-refractivity contribution in [1.29, 1.82) is 0 Å². The Morgan fingerprint density at radius 2 is 2.27 bits per heavy atom. The Morgan fingerprint density at radius 1 is 1.50 bits per heavy atom. The first-order valence-corrected chi connectivity index (χ1v) is 7.81. The average molecular weight is 301 g/mol. The molecule has 22 heavy (non-hydrogen) atoms. The molecule has 3 heterocycles. The zero-order valence-corrected chi connectivity index (χ0v) is 13.6. The third-order valence-corrected chi connectivity index (χ3v) is 4.38. The highest BCUT2D eigenvalue weighted by Crippen LogP contribution is 2.21. The van der Waals surface area contributed by atoms with Crippen molar-refractivity contribution in [3.8, 4) is 0 Å². The zero-order valence-electron chi connectivity index (χ0n) is 13.6. The van der Waals surface area contributed by atoms with E-state index in [0.717, 1.165) is 36.2 Å². The fraction of sp³-hybridized carbons (Fsp3) is 0.562. The Labute approximate surface area is 130 Å². The van der Waals surface area contributed by atoms with Crippen LogP contribution >= 0.6 is 0 Å². The van der Waals surface area contributed by atoms with Crippen molar-refractivity contribution in [2.75, 3.05) is 20.1 Å². The number of aryl methyl sites for hydroxylation is 1. The fourth-order valence-corrected chi connectivity index (χ4v) is 2.99. The van der Waals surface area contributed by atoms with Gasteiger partial charge in [0.15, 0.2) is 5.65 Å². The van der Waals surface area contributed by atoms with Crippen LogP contribution in [0.5, 0.6) is 0 Å². The van der Waals surface area contributed by atoms with E-state index in [4.69, 9.17) is 0 Å². The molecular formula is C16H23N5O. The molecule has 0 saturated carbocycles. The van der Waals surface area contributed by atoms with Gasteiger partial charge in [-0.1, -0.05) is 0 Å². The van der Waals surface area contributed by atoms with Gasteiger partial charge < -0.3 is 10.2 Å². The van der Waals surface area contributed by atoms with Crippen molar-refractivity contribution < 1.29 is 4.79 Å². The van der Waals surface area contributed by atoms with E-state index < -0.39 is 0 Å². The first-order valence-electron chi connectivity index (χ1n) is 7.81. The van der Waals surface area contributed by atoms with E-state index in [0.29, 0.717) is 5.56 Å². The molecule has 1 saturated heterocycles. The number of pyridine rings is 1. The lowest BCUT2D eigenvalue weighted by atomic mass is 10.1. The van der Waals surface area contributed by atoms with Crippen LogP contribution in [0, 0.1) is 6.92 Å². The highest BCUT2D eigenvalue weighted by atomic mass is 16.2. The van der Waals surface area contributed by atoms with Gasteiger partial charge in [0, 0.05) is 31.1 Å². The summed E-state index contributed by atoms with van der Waals surface area (Å²) in [5.74, 6) is 0.0397. The number of carbonyl (C=O) groups excluding carboxylic acids is 1. The van der Waals surface area contributed by atoms with Gasteiger partial charge in [-0.05, 0) is 39.8 Å². The zero-order chi connectivity index (χ0) is 15.9. The SMILES string of the molecule is Cc1nc2c(cnn2C(C)C)cc1C(=O)N(C)[C@H]1CCNC1. The van der Waals surface area contributed by atoms with Gasteiger partial charge in [-0.2, -0.15) is 5.10 Å². The van der Waals surface area contributed by atoms with Crippen molar-refractivity contribution in [3.05, 3.63) is 23.5 Å². The molecule has 0 bridgehead atoms. The quantitative estimate of drug-likeness (QED) is 0.938. The van der Waals surface area contributed by atoms with E-state index in [1.54, 1.807) is 6.20 Å². The molecule has 6 heteroatoms. The number of hydrogen-bond donors (Lipinski definition) is 1. The molecule has 0 spiro atoms. The molecule has 2 aromatic heterocycles. The van der Waals surface area contributed by atoms with Crippen molar-refractivity contribution >= 4 is 16.9 Å². The van der Waals surface area contributed by atoms with Gasteiger partial charge in [0.25, 0.3) is 5.91 Å². The highest BCUT2D eigenvalue weighted by molar-refractivity contribution is 5.98. The number of fused-ring (bicyclic) bond motifs is 1. The summed E-state index contributed by atoms with van der Waals surface area (Å²) in [6.07, 6.45) is 2.79. The molecular weight excluding hydrogens is 278 g/mol. The van der Waals surface area contributed by atoms with E-state index in [1.165, 1.54) is 0 Å². The maximum absolute atomic E-state index is 12.8. The molecule has 3 rings (SSSR count). The molecule has 1 atom stereocenters. The lowest BCUT2D eigenvalue weighted by molar-refractivity contribution is 0.0743. The molecule has 1 aliphatic heterocycles. The molecule has 0 radical (unpaired) electrons. The molecule has 6 nitrogen and oxygen atoms in total. The van der Waals surface area contributed by atoms with Gasteiger partial charge >= 0.3 is 0 Å². The van der Waals surface area contributed by atoms with Crippen LogP contribution in [0.15, 0.2) is 12.3 Å². The van der Waals surface area contributed by atoms with Gasteiger partial charge in [0.2, 0.25) is 0 Å². The second-order valence-electron chi connectivity index (χ2n) is 6.28. The number of nitrogens with zero attached hydrogens (tertiary/aromatic N) is 4. The van der Waals surface area contributed by atoms with Crippen molar-refractivity contribution in [3.63, 3.8) is 0 Å². The summed E-state index contributed by atoms with van der Waals surface area (Å²) in [5, 5.41) is 8.59. The van der Waals surface area contributed by atoms with Crippen molar-refractivity contribution in [2.45, 2.75) is 39.3 Å². The minimum Gasteiger partial charge on any atom is -0.337 e. The molecule has 0 unspecified atom stereocenters. The number of hydrogen-bond acceptors (Lipinski definition) is 4. The summed E-state index contributed by atoms with van der Waals surface area (Å²) >= 11 is 0. The van der Waals surface area contributed by atoms with Crippen LogP contribution < -0.4 is 5.32 Å². The molecule has 2 aromatic rings. The molecule has 0 aliphatic carbocycles. The number of amides is 1. The van der Waals surface area contributed by atoms with Gasteiger partial charge in [-0.3, -0.25) is 4.79 Å². The van der Waals surface area contributed by atoms with E-state index in [9.17, 15) is 4.79 Å². The van der Waals surface area contributed by atoms with Gasteiger partial charge in [0.1, 0.15) is 0 Å². The first kappa shape index (κ1) is 15.0. The molecule has 1 N–H and O–H groups in total. The molecule has 1 amide bonds. The van der Waals surface area contributed by atoms with Crippen molar-refractivity contribution in [2.24, 2.45) is 0 Å². The molecule has 118 valence electrons. The third kappa shape index (κ3) is 2.47. The predicted molar refractivity (Wildman–Crippen MR) is 86.0 cm³/mol. The third-order valence-electron chi connectivity index (χ3n) is 4.38. The van der Waals surface area contributed by atoms with E-state index in [-0.39, 0.29) is 18.0 Å². The summed E-state index contributed by atoms with van der Waals surface area (Å²) in [6, 6.07) is 2.43. The van der Waals surface area contributed by atoms with Crippen LogP contribution in [0.1, 0.15) is 42.4 Å². The Balaban J connectivity index is 1.96. The predicted octanol–water partition coefficient (Wildman–Crippen LogP) is 1.75. The monoisotopic (exact) mass is 301 g/mol. The highest BCUT2D eigenvalue weighted by Gasteiger charge is 2.26. The second kappa shape index (κ2) is 5.68. The second-order valence-corrected chi connectivity index (χ2v) is 6.28. The van der Waals surface area contributed by atoms with Crippen LogP contribution in [0.2, 0.25) is 0 Å². The smallest absolute Gasteiger partial charge is 0.255 e. The lowest BCUT2D eigenvalue weighted by Crippen LogP contribution is -2.38. The van der Waals surface area contributed by atoms with E-state index in [2.05, 4.69) is 29.2 Å². The number of likely N-dealkylation sites (N-methyl/N-ethyl adjacent to an activating group) is 1. The molecule has 1 aliphatic rings. The molecule has 1 fully saturated rings. The Hall–Kier alpha value is -1.95. The van der Waals surface area contributed by atoms with E-state index in [1.807, 2.05) is 29.6 Å². The van der Waals surface area contributed by atoms with Crippen LogP contribution in [-0.4, -0.2) is 51.8 Å². The summed E-state index contributed by atoms with van der Waals surface area (Å²) in [4.78, 5) is 19.2. The maximum atomic E-state index is 12.8. The summed E-state index contributed by atoms with van der Waals surface area (Å²) in [7, 11) is 1.88. The number of rotatable bonds is 3. The Kier molecular flexibility index (Phi) is 3.87. The topological polar surface area (TPSA) is 63.1 Å². The largest absolute Gasteiger partial charge is 0.337 e. The average Bonchev–Trinajstić information content (AvgIpc) is 3.13. The Morgan fingerprint density at radius 3 is 2.91 bits per heavy atom. The minimum absolute atomic E-state index is 0.0397. The van der Waals surface area contributed by atoms with Gasteiger partial charge in [0.05, 0.1) is 17.5 Å². The fourth-order valence-electron chi connectivity index (χ4n) is 2.99. The van der Waals surface area contributed by atoms with E-state index >= 15 is 0 Å². The summed E-state index contributed by atoms with van der Waals surface area (Å²) in [5.41, 5.74) is 2.28.